The van der Waals surface area contributed by atoms with Crippen molar-refractivity contribution in [2.45, 2.75) is 6.92 Å². The highest BCUT2D eigenvalue weighted by molar-refractivity contribution is 6.00. The normalized spacial score (nSPS) is 9.95. The topological polar surface area (TPSA) is 75.6 Å². The van der Waals surface area contributed by atoms with Crippen molar-refractivity contribution in [1.82, 2.24) is 0 Å². The molecule has 0 spiro atoms. The molecule has 1 amide bonds. The zero-order chi connectivity index (χ0) is 15.2. The van der Waals surface area contributed by atoms with Gasteiger partial charge >= 0.3 is 5.97 Å². The highest BCUT2D eigenvalue weighted by atomic mass is 16.5. The first-order chi connectivity index (χ1) is 10.1. The molecule has 0 atom stereocenters. The highest BCUT2D eigenvalue weighted by Crippen LogP contribution is 2.17. The molecule has 0 aromatic heterocycles. The van der Waals surface area contributed by atoms with Gasteiger partial charge in [0.1, 0.15) is 5.75 Å². The second kappa shape index (κ2) is 6.56. The zero-order valence-corrected chi connectivity index (χ0v) is 11.5. The van der Waals surface area contributed by atoms with E-state index in [1.165, 1.54) is 12.1 Å². The lowest BCUT2D eigenvalue weighted by Gasteiger charge is -2.10. The maximum absolute atomic E-state index is 11.8. The minimum Gasteiger partial charge on any atom is -0.483 e. The van der Waals surface area contributed by atoms with Crippen molar-refractivity contribution in [3.8, 4) is 5.75 Å². The van der Waals surface area contributed by atoms with Gasteiger partial charge in [-0.2, -0.15) is 0 Å². The first-order valence-electron chi connectivity index (χ1n) is 6.38. The molecule has 2 rings (SSSR count). The number of carboxylic acids is 1. The van der Waals surface area contributed by atoms with Crippen LogP contribution in [0.15, 0.2) is 48.5 Å². The van der Waals surface area contributed by atoms with E-state index >= 15 is 0 Å². The van der Waals surface area contributed by atoms with E-state index in [0.29, 0.717) is 5.75 Å². The molecule has 5 nitrogen and oxygen atoms in total. The Morgan fingerprint density at radius 2 is 1.76 bits per heavy atom. The fourth-order valence-corrected chi connectivity index (χ4v) is 1.83. The van der Waals surface area contributed by atoms with Gasteiger partial charge in [-0.15, -0.1) is 0 Å². The third-order valence-electron chi connectivity index (χ3n) is 2.88. The number of nitrogens with one attached hydrogen (secondary N) is 1. The lowest BCUT2D eigenvalue weighted by molar-refractivity contribution is -0.118. The molecule has 5 heteroatoms. The van der Waals surface area contributed by atoms with Crippen molar-refractivity contribution in [1.29, 1.82) is 0 Å². The number of hydrogen-bond donors (Lipinski definition) is 2. The van der Waals surface area contributed by atoms with Crippen LogP contribution in [0.5, 0.6) is 5.75 Å². The van der Waals surface area contributed by atoms with Crippen molar-refractivity contribution in [2.24, 2.45) is 0 Å². The lowest BCUT2D eigenvalue weighted by atomic mass is 10.2. The van der Waals surface area contributed by atoms with Crippen LogP contribution in [-0.2, 0) is 4.79 Å². The number of aryl methyl sites for hydroxylation is 1. The molecule has 21 heavy (non-hydrogen) atoms. The molecule has 0 heterocycles. The first kappa shape index (κ1) is 14.6. The van der Waals surface area contributed by atoms with E-state index in [0.717, 1.165) is 5.56 Å². The quantitative estimate of drug-likeness (QED) is 0.885. The van der Waals surface area contributed by atoms with Gasteiger partial charge in [0.05, 0.1) is 11.3 Å². The third kappa shape index (κ3) is 3.82. The van der Waals surface area contributed by atoms with E-state index in [9.17, 15) is 9.59 Å². The molecule has 0 aliphatic rings. The average molecular weight is 285 g/mol. The molecule has 0 unspecified atom stereocenters. The maximum Gasteiger partial charge on any atom is 0.337 e. The molecule has 0 radical (unpaired) electrons. The lowest BCUT2D eigenvalue weighted by Crippen LogP contribution is -2.21. The molecule has 0 bridgehead atoms. The second-order valence-corrected chi connectivity index (χ2v) is 4.45. The van der Waals surface area contributed by atoms with Gasteiger partial charge in [0.2, 0.25) is 0 Å². The summed E-state index contributed by atoms with van der Waals surface area (Å²) in [6, 6.07) is 13.6. The number of ether oxygens (including phenoxy) is 1. The summed E-state index contributed by atoms with van der Waals surface area (Å²) >= 11 is 0. The zero-order valence-electron chi connectivity index (χ0n) is 11.5. The minimum atomic E-state index is -1.09. The third-order valence-corrected chi connectivity index (χ3v) is 2.88. The predicted molar refractivity (Wildman–Crippen MR) is 78.7 cm³/mol. The van der Waals surface area contributed by atoms with E-state index in [1.54, 1.807) is 18.2 Å². The van der Waals surface area contributed by atoms with E-state index in [2.05, 4.69) is 5.32 Å². The van der Waals surface area contributed by atoms with Crippen molar-refractivity contribution >= 4 is 17.6 Å². The van der Waals surface area contributed by atoms with Gasteiger partial charge in [-0.1, -0.05) is 30.3 Å². The molecule has 0 aliphatic carbocycles. The van der Waals surface area contributed by atoms with Gasteiger partial charge in [-0.25, -0.2) is 4.79 Å². The average Bonchev–Trinajstić information content (AvgIpc) is 2.47. The van der Waals surface area contributed by atoms with Crippen LogP contribution in [0.1, 0.15) is 15.9 Å². The summed E-state index contributed by atoms with van der Waals surface area (Å²) in [4.78, 5) is 22.9. The van der Waals surface area contributed by atoms with Crippen LogP contribution in [0.3, 0.4) is 0 Å². The molecule has 0 saturated carbocycles. The number of amides is 1. The molecule has 2 aromatic rings. The van der Waals surface area contributed by atoms with Gasteiger partial charge < -0.3 is 15.2 Å². The van der Waals surface area contributed by atoms with Crippen LogP contribution < -0.4 is 10.1 Å². The molecule has 2 N–H and O–H groups in total. The van der Waals surface area contributed by atoms with Crippen molar-refractivity contribution < 1.29 is 19.4 Å². The fourth-order valence-electron chi connectivity index (χ4n) is 1.83. The number of anilines is 1. The summed E-state index contributed by atoms with van der Waals surface area (Å²) in [6.45, 7) is 1.70. The van der Waals surface area contributed by atoms with Crippen molar-refractivity contribution in [3.05, 3.63) is 59.7 Å². The van der Waals surface area contributed by atoms with Crippen LogP contribution in [-0.4, -0.2) is 23.6 Å². The van der Waals surface area contributed by atoms with Gasteiger partial charge in [0.25, 0.3) is 5.91 Å². The molecule has 0 fully saturated rings. The number of carboxylic acid groups (broad SMARTS) is 1. The Balaban J connectivity index is 2.00. The minimum absolute atomic E-state index is 0.0433. The summed E-state index contributed by atoms with van der Waals surface area (Å²) in [5.41, 5.74) is 1.22. The molecule has 108 valence electrons. The Labute approximate surface area is 122 Å². The van der Waals surface area contributed by atoms with Gasteiger partial charge in [0, 0.05) is 0 Å². The highest BCUT2D eigenvalue weighted by Gasteiger charge is 2.12. The SMILES string of the molecule is Cc1ccccc1OCC(=O)Nc1ccccc1C(=O)O. The standard InChI is InChI=1S/C16H15NO4/c1-11-6-2-5-9-14(11)21-10-15(18)17-13-8-4-3-7-12(13)16(19)20/h2-9H,10H2,1H3,(H,17,18)(H,19,20). The summed E-state index contributed by atoms with van der Waals surface area (Å²) in [6.07, 6.45) is 0. The number of para-hydroxylation sites is 2. The van der Waals surface area contributed by atoms with E-state index in [1.807, 2.05) is 25.1 Å². The number of carbonyl (C=O) groups is 2. The van der Waals surface area contributed by atoms with Crippen LogP contribution >= 0.6 is 0 Å². The van der Waals surface area contributed by atoms with E-state index < -0.39 is 11.9 Å². The number of aromatic carboxylic acids is 1. The van der Waals surface area contributed by atoms with Crippen LogP contribution in [0.4, 0.5) is 5.69 Å². The van der Waals surface area contributed by atoms with E-state index in [4.69, 9.17) is 9.84 Å². The van der Waals surface area contributed by atoms with Crippen molar-refractivity contribution in [3.63, 3.8) is 0 Å². The number of hydrogen-bond acceptors (Lipinski definition) is 3. The number of benzene rings is 2. The Morgan fingerprint density at radius 3 is 2.48 bits per heavy atom. The largest absolute Gasteiger partial charge is 0.483 e. The number of carbonyl (C=O) groups excluding carboxylic acids is 1. The van der Waals surface area contributed by atoms with Crippen LogP contribution in [0.25, 0.3) is 0 Å². The maximum atomic E-state index is 11.8. The Bertz CT molecular complexity index is 667. The van der Waals surface area contributed by atoms with Crippen molar-refractivity contribution in [2.75, 3.05) is 11.9 Å². The summed E-state index contributed by atoms with van der Waals surface area (Å²) in [7, 11) is 0. The summed E-state index contributed by atoms with van der Waals surface area (Å²) in [5.74, 6) is -0.878. The summed E-state index contributed by atoms with van der Waals surface area (Å²) in [5, 5.41) is 11.6. The molecule has 2 aromatic carbocycles. The predicted octanol–water partition coefficient (Wildman–Crippen LogP) is 2.71. The Morgan fingerprint density at radius 1 is 1.10 bits per heavy atom. The van der Waals surface area contributed by atoms with Gasteiger partial charge in [-0.3, -0.25) is 4.79 Å². The van der Waals surface area contributed by atoms with Crippen LogP contribution in [0, 0.1) is 6.92 Å². The van der Waals surface area contributed by atoms with Gasteiger partial charge in [0.15, 0.2) is 6.61 Å². The number of rotatable bonds is 5. The van der Waals surface area contributed by atoms with Gasteiger partial charge in [-0.05, 0) is 30.7 Å². The smallest absolute Gasteiger partial charge is 0.337 e. The Kier molecular flexibility index (Phi) is 4.56. The van der Waals surface area contributed by atoms with Crippen LogP contribution in [0.2, 0.25) is 0 Å². The molecule has 0 saturated heterocycles. The fraction of sp³-hybridized carbons (Fsp3) is 0.125. The molecular weight excluding hydrogens is 270 g/mol. The van der Waals surface area contributed by atoms with E-state index in [-0.39, 0.29) is 17.9 Å². The molecule has 0 aliphatic heterocycles. The first-order valence-corrected chi connectivity index (χ1v) is 6.38. The second-order valence-electron chi connectivity index (χ2n) is 4.45. The Hall–Kier alpha value is -2.82. The summed E-state index contributed by atoms with van der Waals surface area (Å²) < 4.78 is 5.41. The molecular formula is C16H15NO4. The monoisotopic (exact) mass is 285 g/mol.